The van der Waals surface area contributed by atoms with Crippen molar-refractivity contribution in [3.8, 4) is 0 Å². The highest BCUT2D eigenvalue weighted by atomic mass is 16.7. The first-order valence-corrected chi connectivity index (χ1v) is 5.50. The molecule has 0 aliphatic carbocycles. The van der Waals surface area contributed by atoms with Crippen LogP contribution in [0.1, 0.15) is 25.7 Å². The van der Waals surface area contributed by atoms with Gasteiger partial charge in [0.05, 0.1) is 0 Å². The van der Waals surface area contributed by atoms with Crippen LogP contribution in [0.25, 0.3) is 0 Å². The van der Waals surface area contributed by atoms with Gasteiger partial charge in [0.15, 0.2) is 6.29 Å². The van der Waals surface area contributed by atoms with Gasteiger partial charge in [-0.05, 0) is 6.92 Å². The van der Waals surface area contributed by atoms with Gasteiger partial charge >= 0.3 is 0 Å². The van der Waals surface area contributed by atoms with Gasteiger partial charge in [-0.15, -0.1) is 0 Å². The van der Waals surface area contributed by atoms with Gasteiger partial charge < -0.3 is 9.47 Å². The normalized spacial score (nSPS) is 33.3. The number of rotatable bonds is 2. The third-order valence-corrected chi connectivity index (χ3v) is 3.22. The fraction of sp³-hybridized carbons (Fsp3) is 0.500. The highest BCUT2D eigenvalue weighted by Crippen LogP contribution is 2.32. The molecule has 0 aromatic heterocycles. The average molecular weight is 237 g/mol. The summed E-state index contributed by atoms with van der Waals surface area (Å²) in [4.78, 5) is 10.6. The summed E-state index contributed by atoms with van der Waals surface area (Å²) < 4.78 is 11.0. The summed E-state index contributed by atoms with van der Waals surface area (Å²) >= 11 is 0. The highest BCUT2D eigenvalue weighted by Gasteiger charge is 2.49. The molecule has 1 fully saturated rings. The molecule has 1 aromatic rings. The molecule has 5 heteroatoms. The molecular weight excluding hydrogens is 222 g/mol. The predicted molar refractivity (Wildman–Crippen MR) is 61.1 cm³/mol. The van der Waals surface area contributed by atoms with Crippen molar-refractivity contribution < 1.29 is 14.4 Å². The van der Waals surface area contributed by atoms with Crippen LogP contribution in [0.4, 0.5) is 0 Å². The van der Waals surface area contributed by atoms with Gasteiger partial charge in [-0.1, -0.05) is 30.3 Å². The van der Waals surface area contributed by atoms with Crippen LogP contribution in [0.15, 0.2) is 30.3 Å². The number of benzene rings is 1. The molecule has 0 spiro atoms. The first-order valence-electron chi connectivity index (χ1n) is 5.50. The van der Waals surface area contributed by atoms with E-state index < -0.39 is 17.9 Å². The molecule has 17 heavy (non-hydrogen) atoms. The minimum Gasteiger partial charge on any atom is -0.341 e. The first kappa shape index (κ1) is 12.0. The van der Waals surface area contributed by atoms with Crippen LogP contribution < -0.4 is 0 Å². The molecule has 1 heterocycles. The molecule has 0 N–H and O–H groups in total. The minimum atomic E-state index is -1.18. The Bertz CT molecular complexity index is 408. The Morgan fingerprint density at radius 1 is 1.41 bits per heavy atom. The van der Waals surface area contributed by atoms with Gasteiger partial charge in [0.2, 0.25) is 0 Å². The molecule has 2 rings (SSSR count). The van der Waals surface area contributed by atoms with Crippen molar-refractivity contribution in [2.24, 2.45) is 0 Å². The summed E-state index contributed by atoms with van der Waals surface area (Å²) in [6.45, 7) is 3.31. The van der Waals surface area contributed by atoms with E-state index in [0.29, 0.717) is 0 Å². The lowest BCUT2D eigenvalue weighted by atomic mass is 9.96. The monoisotopic (exact) mass is 237 g/mol. The number of nitro groups is 1. The Kier molecular flexibility index (Phi) is 3.13. The van der Waals surface area contributed by atoms with Crippen LogP contribution in [-0.4, -0.2) is 23.2 Å². The van der Waals surface area contributed by atoms with E-state index in [2.05, 4.69) is 0 Å². The SMILES string of the molecule is C[C@@H]1O[C@H](c2ccccc2)OC[C@@]1(C)[N+](=O)[O-]. The van der Waals surface area contributed by atoms with Crippen molar-refractivity contribution in [1.29, 1.82) is 0 Å². The van der Waals surface area contributed by atoms with Crippen molar-refractivity contribution >= 4 is 0 Å². The first-order chi connectivity index (χ1) is 8.04. The maximum atomic E-state index is 11.0. The summed E-state index contributed by atoms with van der Waals surface area (Å²) in [5, 5.41) is 11.0. The Morgan fingerprint density at radius 3 is 2.59 bits per heavy atom. The zero-order chi connectivity index (χ0) is 12.5. The van der Waals surface area contributed by atoms with E-state index in [-0.39, 0.29) is 11.5 Å². The van der Waals surface area contributed by atoms with Crippen LogP contribution in [0.5, 0.6) is 0 Å². The fourth-order valence-electron chi connectivity index (χ4n) is 1.72. The number of hydrogen-bond donors (Lipinski definition) is 0. The Hall–Kier alpha value is -1.46. The largest absolute Gasteiger partial charge is 0.341 e. The van der Waals surface area contributed by atoms with Gasteiger partial charge in [-0.2, -0.15) is 0 Å². The maximum Gasteiger partial charge on any atom is 0.267 e. The Morgan fingerprint density at radius 2 is 2.06 bits per heavy atom. The Labute approximate surface area is 99.5 Å². The quantitative estimate of drug-likeness (QED) is 0.584. The molecule has 1 saturated heterocycles. The minimum absolute atomic E-state index is 0.0563. The van der Waals surface area contributed by atoms with E-state index in [0.717, 1.165) is 5.56 Å². The standard InChI is InChI=1S/C12H15NO4/c1-9-12(2,13(14)15)8-16-11(17-9)10-6-4-3-5-7-10/h3-7,9,11H,8H2,1-2H3/t9-,11+,12+/m0/s1. The highest BCUT2D eigenvalue weighted by molar-refractivity contribution is 5.16. The van der Waals surface area contributed by atoms with Crippen LogP contribution in [0.3, 0.4) is 0 Å². The van der Waals surface area contributed by atoms with E-state index in [1.54, 1.807) is 13.8 Å². The molecule has 1 aliphatic rings. The summed E-state index contributed by atoms with van der Waals surface area (Å²) in [5.74, 6) is 0. The van der Waals surface area contributed by atoms with Crippen molar-refractivity contribution in [3.63, 3.8) is 0 Å². The molecule has 0 radical (unpaired) electrons. The fourth-order valence-corrected chi connectivity index (χ4v) is 1.72. The predicted octanol–water partition coefficient (Wildman–Crippen LogP) is 2.16. The molecule has 1 aliphatic heterocycles. The lowest BCUT2D eigenvalue weighted by Gasteiger charge is -2.36. The van der Waals surface area contributed by atoms with Crippen molar-refractivity contribution in [2.45, 2.75) is 31.8 Å². The average Bonchev–Trinajstić information content (AvgIpc) is 2.33. The van der Waals surface area contributed by atoms with Crippen molar-refractivity contribution in [1.82, 2.24) is 0 Å². The van der Waals surface area contributed by atoms with Crippen LogP contribution in [0.2, 0.25) is 0 Å². The third-order valence-electron chi connectivity index (χ3n) is 3.22. The molecule has 1 aromatic carbocycles. The summed E-state index contributed by atoms with van der Waals surface area (Å²) in [5.41, 5.74) is -0.296. The molecule has 3 atom stereocenters. The molecule has 5 nitrogen and oxygen atoms in total. The van der Waals surface area contributed by atoms with Crippen molar-refractivity contribution in [3.05, 3.63) is 46.0 Å². The summed E-state index contributed by atoms with van der Waals surface area (Å²) in [7, 11) is 0. The molecular formula is C12H15NO4. The number of ether oxygens (including phenoxy) is 2. The van der Waals surface area contributed by atoms with E-state index >= 15 is 0 Å². The van der Waals surface area contributed by atoms with Crippen LogP contribution in [-0.2, 0) is 9.47 Å². The molecule has 0 unspecified atom stereocenters. The summed E-state index contributed by atoms with van der Waals surface area (Å²) in [6, 6.07) is 9.43. The topological polar surface area (TPSA) is 61.6 Å². The van der Waals surface area contributed by atoms with Gasteiger partial charge in [0.1, 0.15) is 12.7 Å². The Balaban J connectivity index is 2.13. The smallest absolute Gasteiger partial charge is 0.267 e. The van der Waals surface area contributed by atoms with E-state index in [4.69, 9.17) is 9.47 Å². The van der Waals surface area contributed by atoms with E-state index in [1.165, 1.54) is 0 Å². The van der Waals surface area contributed by atoms with Gasteiger partial charge in [0, 0.05) is 17.4 Å². The van der Waals surface area contributed by atoms with Crippen molar-refractivity contribution in [2.75, 3.05) is 6.61 Å². The summed E-state index contributed by atoms with van der Waals surface area (Å²) in [6.07, 6.45) is -1.00. The van der Waals surface area contributed by atoms with Gasteiger partial charge in [-0.25, -0.2) is 0 Å². The lowest BCUT2D eigenvalue weighted by molar-refractivity contribution is -0.597. The second kappa shape index (κ2) is 4.43. The van der Waals surface area contributed by atoms with Gasteiger partial charge in [0.25, 0.3) is 5.54 Å². The second-order valence-corrected chi connectivity index (χ2v) is 4.45. The third kappa shape index (κ3) is 2.16. The van der Waals surface area contributed by atoms with Crippen LogP contribution >= 0.6 is 0 Å². The second-order valence-electron chi connectivity index (χ2n) is 4.45. The van der Waals surface area contributed by atoms with E-state index in [1.807, 2.05) is 30.3 Å². The molecule has 0 bridgehead atoms. The zero-order valence-electron chi connectivity index (χ0n) is 9.83. The maximum absolute atomic E-state index is 11.0. The van der Waals surface area contributed by atoms with E-state index in [9.17, 15) is 10.1 Å². The molecule has 0 saturated carbocycles. The van der Waals surface area contributed by atoms with Crippen LogP contribution in [0, 0.1) is 10.1 Å². The number of hydrogen-bond acceptors (Lipinski definition) is 4. The lowest BCUT2D eigenvalue weighted by Crippen LogP contribution is -2.54. The zero-order valence-corrected chi connectivity index (χ0v) is 9.83. The number of nitrogens with zero attached hydrogens (tertiary/aromatic N) is 1. The molecule has 0 amide bonds. The molecule has 92 valence electrons. The van der Waals surface area contributed by atoms with Gasteiger partial charge in [-0.3, -0.25) is 10.1 Å².